The van der Waals surface area contributed by atoms with Crippen LogP contribution in [0.3, 0.4) is 0 Å². The predicted octanol–water partition coefficient (Wildman–Crippen LogP) is 3.34. The van der Waals surface area contributed by atoms with Gasteiger partial charge in [0.05, 0.1) is 18.2 Å². The van der Waals surface area contributed by atoms with E-state index in [0.29, 0.717) is 35.1 Å². The number of ether oxygens (including phenoxy) is 1. The number of hydrogen-bond donors (Lipinski definition) is 2. The zero-order valence-corrected chi connectivity index (χ0v) is 14.6. The van der Waals surface area contributed by atoms with Gasteiger partial charge in [0.2, 0.25) is 0 Å². The lowest BCUT2D eigenvalue weighted by molar-refractivity contribution is -0.139. The van der Waals surface area contributed by atoms with Crippen molar-refractivity contribution in [3.05, 3.63) is 40.6 Å². The van der Waals surface area contributed by atoms with Gasteiger partial charge in [0.15, 0.2) is 0 Å². The Morgan fingerprint density at radius 3 is 2.61 bits per heavy atom. The lowest BCUT2D eigenvalue weighted by Gasteiger charge is -2.28. The van der Waals surface area contributed by atoms with Crippen LogP contribution in [0.25, 0.3) is 0 Å². The molecule has 0 aliphatic carbocycles. The van der Waals surface area contributed by atoms with E-state index in [9.17, 15) is 9.59 Å². The fraction of sp³-hybridized carbons (Fsp3) is 0.375. The van der Waals surface area contributed by atoms with Crippen molar-refractivity contribution < 1.29 is 14.3 Å². The molecule has 1 unspecified atom stereocenters. The summed E-state index contributed by atoms with van der Waals surface area (Å²) < 4.78 is 5.13. The third-order valence-electron chi connectivity index (χ3n) is 3.34. The second-order valence-corrected chi connectivity index (χ2v) is 6.40. The van der Waals surface area contributed by atoms with Crippen molar-refractivity contribution in [2.45, 2.75) is 31.2 Å². The van der Waals surface area contributed by atoms with Crippen LogP contribution in [0.2, 0.25) is 5.02 Å². The first-order valence-corrected chi connectivity index (χ1v) is 8.77. The highest BCUT2D eigenvalue weighted by molar-refractivity contribution is 7.99. The maximum Gasteiger partial charge on any atom is 0.337 e. The molecule has 0 spiro atoms. The summed E-state index contributed by atoms with van der Waals surface area (Å²) in [6, 6.07) is 6.79. The molecule has 0 bridgehead atoms. The number of rotatable bonds is 6. The predicted molar refractivity (Wildman–Crippen MR) is 91.6 cm³/mol. The summed E-state index contributed by atoms with van der Waals surface area (Å²) in [5.74, 6) is 0.0817. The summed E-state index contributed by atoms with van der Waals surface area (Å²) in [4.78, 5) is 25.0. The van der Waals surface area contributed by atoms with Crippen molar-refractivity contribution in [2.75, 3.05) is 12.4 Å². The molecule has 23 heavy (non-hydrogen) atoms. The number of urea groups is 1. The zero-order chi connectivity index (χ0) is 16.8. The highest BCUT2D eigenvalue weighted by Crippen LogP contribution is 2.25. The molecule has 0 radical (unpaired) electrons. The number of benzene rings is 1. The van der Waals surface area contributed by atoms with Crippen LogP contribution in [0.5, 0.6) is 0 Å². The lowest BCUT2D eigenvalue weighted by atomic mass is 10.0. The lowest BCUT2D eigenvalue weighted by Crippen LogP contribution is -2.50. The Bertz CT molecular complexity index is 616. The van der Waals surface area contributed by atoms with E-state index < -0.39 is 5.97 Å². The summed E-state index contributed by atoms with van der Waals surface area (Å²) in [7, 11) is 0. The van der Waals surface area contributed by atoms with E-state index in [2.05, 4.69) is 10.6 Å². The average molecular weight is 355 g/mol. The van der Waals surface area contributed by atoms with E-state index in [1.54, 1.807) is 19.1 Å². The second-order valence-electron chi connectivity index (χ2n) is 4.91. The van der Waals surface area contributed by atoms with Crippen molar-refractivity contribution in [1.29, 1.82) is 0 Å². The monoisotopic (exact) mass is 354 g/mol. The van der Waals surface area contributed by atoms with Gasteiger partial charge in [-0.15, -0.1) is 11.8 Å². The van der Waals surface area contributed by atoms with Crippen molar-refractivity contribution in [3.8, 4) is 0 Å². The van der Waals surface area contributed by atoms with Gasteiger partial charge in [-0.05, 0) is 37.6 Å². The molecule has 7 heteroatoms. The van der Waals surface area contributed by atoms with E-state index >= 15 is 0 Å². The van der Waals surface area contributed by atoms with Crippen LogP contribution in [0.15, 0.2) is 40.4 Å². The number of amides is 2. The molecule has 0 saturated carbocycles. The standard InChI is InChI=1S/C16H19ClN2O3S/c1-3-12-14(15(20)22-4-2)13(19-16(21)18-12)9-23-11-7-5-10(17)6-8-11/h5-8,12H,3-4,9H2,1-2H3,(H2,18,19,21). The number of halogens is 1. The van der Waals surface area contributed by atoms with Gasteiger partial charge in [0.25, 0.3) is 0 Å². The third-order valence-corrected chi connectivity index (χ3v) is 4.63. The van der Waals surface area contributed by atoms with E-state index in [4.69, 9.17) is 16.3 Å². The van der Waals surface area contributed by atoms with Crippen LogP contribution in [0, 0.1) is 0 Å². The van der Waals surface area contributed by atoms with Gasteiger partial charge < -0.3 is 15.4 Å². The quantitative estimate of drug-likeness (QED) is 0.607. The van der Waals surface area contributed by atoms with Crippen LogP contribution in [-0.4, -0.2) is 30.4 Å². The summed E-state index contributed by atoms with van der Waals surface area (Å²) in [5.41, 5.74) is 1.09. The van der Waals surface area contributed by atoms with Crippen LogP contribution in [-0.2, 0) is 9.53 Å². The average Bonchev–Trinajstić information content (AvgIpc) is 2.53. The zero-order valence-electron chi connectivity index (χ0n) is 13.0. The maximum atomic E-state index is 12.2. The topological polar surface area (TPSA) is 67.4 Å². The first-order valence-electron chi connectivity index (χ1n) is 7.41. The van der Waals surface area contributed by atoms with Gasteiger partial charge >= 0.3 is 12.0 Å². The maximum absolute atomic E-state index is 12.2. The van der Waals surface area contributed by atoms with Crippen LogP contribution in [0.1, 0.15) is 20.3 Å². The first-order chi connectivity index (χ1) is 11.0. The molecule has 2 amide bonds. The van der Waals surface area contributed by atoms with Crippen LogP contribution >= 0.6 is 23.4 Å². The normalized spacial score (nSPS) is 17.5. The Hall–Kier alpha value is -1.66. The second kappa shape index (κ2) is 8.26. The molecule has 124 valence electrons. The van der Waals surface area contributed by atoms with Crippen LogP contribution < -0.4 is 10.6 Å². The highest BCUT2D eigenvalue weighted by atomic mass is 35.5. The molecular formula is C16H19ClN2O3S. The number of nitrogens with one attached hydrogen (secondary N) is 2. The van der Waals surface area contributed by atoms with Crippen molar-refractivity contribution in [3.63, 3.8) is 0 Å². The molecule has 5 nitrogen and oxygen atoms in total. The molecule has 0 saturated heterocycles. The fourth-order valence-corrected chi connectivity index (χ4v) is 3.26. The largest absolute Gasteiger partial charge is 0.463 e. The Labute approximate surface area is 144 Å². The molecule has 2 N–H and O–H groups in total. The molecule has 1 aliphatic rings. The van der Waals surface area contributed by atoms with Gasteiger partial charge in [-0.2, -0.15) is 0 Å². The van der Waals surface area contributed by atoms with Crippen molar-refractivity contribution in [1.82, 2.24) is 10.6 Å². The minimum absolute atomic E-state index is 0.295. The van der Waals surface area contributed by atoms with Gasteiger partial charge in [0, 0.05) is 21.4 Å². The van der Waals surface area contributed by atoms with E-state index in [1.165, 1.54) is 11.8 Å². The molecule has 2 rings (SSSR count). The molecule has 1 heterocycles. The van der Waals surface area contributed by atoms with Gasteiger partial charge in [0.1, 0.15) is 0 Å². The Kier molecular flexibility index (Phi) is 6.36. The minimum atomic E-state index is -0.390. The van der Waals surface area contributed by atoms with Crippen molar-refractivity contribution >= 4 is 35.4 Å². The molecule has 1 aromatic carbocycles. The third kappa shape index (κ3) is 4.65. The molecule has 1 aromatic rings. The summed E-state index contributed by atoms with van der Waals surface area (Å²) in [5, 5.41) is 6.16. The number of carbonyl (C=O) groups excluding carboxylic acids is 2. The van der Waals surface area contributed by atoms with Gasteiger partial charge in [-0.1, -0.05) is 18.5 Å². The molecule has 1 aliphatic heterocycles. The van der Waals surface area contributed by atoms with Crippen LogP contribution in [0.4, 0.5) is 4.79 Å². The fourth-order valence-electron chi connectivity index (χ4n) is 2.26. The van der Waals surface area contributed by atoms with E-state index in [-0.39, 0.29) is 12.1 Å². The smallest absolute Gasteiger partial charge is 0.337 e. The molecule has 0 aromatic heterocycles. The minimum Gasteiger partial charge on any atom is -0.463 e. The Morgan fingerprint density at radius 2 is 2.00 bits per heavy atom. The number of hydrogen-bond acceptors (Lipinski definition) is 4. The Morgan fingerprint density at radius 1 is 1.30 bits per heavy atom. The Balaban J connectivity index is 2.22. The number of thioether (sulfide) groups is 1. The van der Waals surface area contributed by atoms with Gasteiger partial charge in [-0.3, -0.25) is 0 Å². The highest BCUT2D eigenvalue weighted by Gasteiger charge is 2.31. The van der Waals surface area contributed by atoms with E-state index in [1.807, 2.05) is 19.1 Å². The number of esters is 1. The first kappa shape index (κ1) is 17.7. The van der Waals surface area contributed by atoms with Gasteiger partial charge in [-0.25, -0.2) is 9.59 Å². The molecular weight excluding hydrogens is 336 g/mol. The summed E-state index contributed by atoms with van der Waals surface area (Å²) in [6.45, 7) is 3.97. The molecule has 0 fully saturated rings. The summed E-state index contributed by atoms with van der Waals surface area (Å²) in [6.07, 6.45) is 0.622. The SMILES string of the molecule is CCOC(=O)C1=C(CSc2ccc(Cl)cc2)NC(=O)NC1CC. The van der Waals surface area contributed by atoms with Crippen molar-refractivity contribution in [2.24, 2.45) is 0 Å². The molecule has 1 atom stereocenters. The van der Waals surface area contributed by atoms with E-state index in [0.717, 1.165) is 4.90 Å². The number of carbonyl (C=O) groups is 2. The summed E-state index contributed by atoms with van der Waals surface area (Å²) >= 11 is 7.39.